The Kier molecular flexibility index (Phi) is 5.19. The zero-order valence-corrected chi connectivity index (χ0v) is 15.2. The van der Waals surface area contributed by atoms with Crippen LogP contribution in [0.4, 0.5) is 4.79 Å². The van der Waals surface area contributed by atoms with Gasteiger partial charge in [-0.2, -0.15) is 0 Å². The molecule has 2 amide bonds. The Hall–Kier alpha value is -1.09. The van der Waals surface area contributed by atoms with Gasteiger partial charge in [0, 0.05) is 11.1 Å². The van der Waals surface area contributed by atoms with Gasteiger partial charge in [0.1, 0.15) is 0 Å². The summed E-state index contributed by atoms with van der Waals surface area (Å²) in [5.41, 5.74) is 0. The van der Waals surface area contributed by atoms with Gasteiger partial charge in [-0.15, -0.1) is 0 Å². The van der Waals surface area contributed by atoms with Crippen molar-refractivity contribution >= 4 is 44.5 Å². The van der Waals surface area contributed by atoms with Crippen molar-refractivity contribution < 1.29 is 18.0 Å². The number of rotatable bonds is 4. The molecule has 2 atom stereocenters. The van der Waals surface area contributed by atoms with Gasteiger partial charge in [-0.3, -0.25) is 14.5 Å². The van der Waals surface area contributed by atoms with Crippen LogP contribution in [0.3, 0.4) is 0 Å². The standard InChI is InChI=1S/C15H17ClN2O4S2/c16-10-5-7-11(8-6-10)24(21,22)17-12-3-1-2-4-13(12)18-14(19)9-23-15(18)20/h5-8,12-13,17H,1-4,9H2. The molecule has 1 saturated heterocycles. The number of benzene rings is 1. The molecular weight excluding hydrogens is 372 g/mol. The van der Waals surface area contributed by atoms with Crippen molar-refractivity contribution in [1.82, 2.24) is 9.62 Å². The number of hydrogen-bond acceptors (Lipinski definition) is 5. The summed E-state index contributed by atoms with van der Waals surface area (Å²) < 4.78 is 27.8. The molecule has 0 spiro atoms. The lowest BCUT2D eigenvalue weighted by Gasteiger charge is -2.36. The molecule has 3 rings (SSSR count). The predicted molar refractivity (Wildman–Crippen MR) is 92.5 cm³/mol. The lowest BCUT2D eigenvalue weighted by Crippen LogP contribution is -2.54. The smallest absolute Gasteiger partial charge is 0.273 e. The minimum absolute atomic E-state index is 0.115. The summed E-state index contributed by atoms with van der Waals surface area (Å²) in [6.45, 7) is 0. The van der Waals surface area contributed by atoms with E-state index in [0.717, 1.165) is 24.6 Å². The highest BCUT2D eigenvalue weighted by Crippen LogP contribution is 2.30. The number of carbonyl (C=O) groups is 2. The van der Waals surface area contributed by atoms with Gasteiger partial charge in [-0.1, -0.05) is 36.2 Å². The molecule has 1 heterocycles. The van der Waals surface area contributed by atoms with Crippen molar-refractivity contribution in [3.05, 3.63) is 29.3 Å². The minimum atomic E-state index is -3.74. The van der Waals surface area contributed by atoms with Crippen LogP contribution >= 0.6 is 23.4 Å². The summed E-state index contributed by atoms with van der Waals surface area (Å²) in [5, 5.41) is 0.164. The van der Waals surface area contributed by atoms with E-state index in [2.05, 4.69) is 4.72 Å². The van der Waals surface area contributed by atoms with E-state index in [1.54, 1.807) is 0 Å². The number of halogens is 1. The normalized spacial score (nSPS) is 25.3. The molecule has 9 heteroatoms. The Bertz CT molecular complexity index is 735. The Morgan fingerprint density at radius 3 is 2.42 bits per heavy atom. The monoisotopic (exact) mass is 388 g/mol. The van der Waals surface area contributed by atoms with Gasteiger partial charge >= 0.3 is 0 Å². The molecule has 1 aromatic rings. The van der Waals surface area contributed by atoms with Crippen LogP contribution in [0.1, 0.15) is 25.7 Å². The maximum absolute atomic E-state index is 12.6. The van der Waals surface area contributed by atoms with E-state index in [-0.39, 0.29) is 21.8 Å². The average Bonchev–Trinajstić information content (AvgIpc) is 2.87. The molecule has 1 N–H and O–H groups in total. The number of sulfonamides is 1. The quantitative estimate of drug-likeness (QED) is 0.857. The van der Waals surface area contributed by atoms with E-state index >= 15 is 0 Å². The van der Waals surface area contributed by atoms with Gasteiger partial charge in [0.15, 0.2) is 0 Å². The molecule has 1 aromatic carbocycles. The molecule has 24 heavy (non-hydrogen) atoms. The third-order valence-corrected chi connectivity index (χ3v) is 6.87. The maximum atomic E-state index is 12.6. The molecule has 2 fully saturated rings. The van der Waals surface area contributed by atoms with Gasteiger partial charge in [0.25, 0.3) is 5.24 Å². The Morgan fingerprint density at radius 2 is 1.79 bits per heavy atom. The minimum Gasteiger partial charge on any atom is -0.273 e. The van der Waals surface area contributed by atoms with Crippen molar-refractivity contribution in [1.29, 1.82) is 0 Å². The van der Waals surface area contributed by atoms with E-state index in [1.165, 1.54) is 29.2 Å². The fraction of sp³-hybridized carbons (Fsp3) is 0.467. The van der Waals surface area contributed by atoms with Crippen molar-refractivity contribution in [2.45, 2.75) is 42.7 Å². The van der Waals surface area contributed by atoms with Crippen LogP contribution in [0.5, 0.6) is 0 Å². The number of hydrogen-bond donors (Lipinski definition) is 1. The van der Waals surface area contributed by atoms with Crippen molar-refractivity contribution in [3.63, 3.8) is 0 Å². The largest absolute Gasteiger partial charge is 0.289 e. The van der Waals surface area contributed by atoms with E-state index in [4.69, 9.17) is 11.6 Å². The Morgan fingerprint density at radius 1 is 1.12 bits per heavy atom. The molecular formula is C15H17ClN2O4S2. The van der Waals surface area contributed by atoms with Crippen LogP contribution in [-0.2, 0) is 14.8 Å². The predicted octanol–water partition coefficient (Wildman–Crippen LogP) is 2.62. The maximum Gasteiger partial charge on any atom is 0.289 e. The van der Waals surface area contributed by atoms with E-state index in [9.17, 15) is 18.0 Å². The van der Waals surface area contributed by atoms with Crippen LogP contribution in [0, 0.1) is 0 Å². The second-order valence-corrected chi connectivity index (χ2v) is 8.93. The average molecular weight is 389 g/mol. The van der Waals surface area contributed by atoms with Gasteiger partial charge in [0.2, 0.25) is 15.9 Å². The van der Waals surface area contributed by atoms with Crippen molar-refractivity contribution in [2.75, 3.05) is 5.75 Å². The van der Waals surface area contributed by atoms with Crippen LogP contribution in [0.2, 0.25) is 5.02 Å². The molecule has 0 aromatic heterocycles. The topological polar surface area (TPSA) is 83.6 Å². The summed E-state index contributed by atoms with van der Waals surface area (Å²) >= 11 is 6.77. The first kappa shape index (κ1) is 17.7. The number of nitrogens with zero attached hydrogens (tertiary/aromatic N) is 1. The number of nitrogens with one attached hydrogen (secondary N) is 1. The summed E-state index contributed by atoms with van der Waals surface area (Å²) in [6, 6.07) is 5.01. The molecule has 1 aliphatic carbocycles. The Balaban J connectivity index is 1.82. The number of imide groups is 1. The number of thioether (sulfide) groups is 1. The molecule has 0 radical (unpaired) electrons. The summed E-state index contributed by atoms with van der Waals surface area (Å²) in [7, 11) is -3.74. The molecule has 2 aliphatic rings. The molecule has 1 aliphatic heterocycles. The highest BCUT2D eigenvalue weighted by atomic mass is 35.5. The first-order valence-electron chi connectivity index (χ1n) is 7.65. The molecule has 0 bridgehead atoms. The lowest BCUT2D eigenvalue weighted by atomic mass is 9.90. The molecule has 6 nitrogen and oxygen atoms in total. The molecule has 130 valence electrons. The number of amides is 2. The number of carbonyl (C=O) groups excluding carboxylic acids is 2. The summed E-state index contributed by atoms with van der Waals surface area (Å²) in [4.78, 5) is 25.3. The van der Waals surface area contributed by atoms with Gasteiger partial charge in [-0.05, 0) is 37.1 Å². The fourth-order valence-corrected chi connectivity index (χ4v) is 5.32. The fourth-order valence-electron chi connectivity index (χ4n) is 3.12. The molecule has 2 unspecified atom stereocenters. The van der Waals surface area contributed by atoms with E-state index in [0.29, 0.717) is 17.9 Å². The Labute approximate surface area is 150 Å². The van der Waals surface area contributed by atoms with Crippen molar-refractivity contribution in [3.8, 4) is 0 Å². The van der Waals surface area contributed by atoms with Gasteiger partial charge in [0.05, 0.1) is 16.7 Å². The van der Waals surface area contributed by atoms with Crippen LogP contribution in [0.25, 0.3) is 0 Å². The third-order valence-electron chi connectivity index (χ3n) is 4.28. The molecule has 1 saturated carbocycles. The van der Waals surface area contributed by atoms with Gasteiger partial charge < -0.3 is 0 Å². The summed E-state index contributed by atoms with van der Waals surface area (Å²) in [5.74, 6) is -0.112. The second kappa shape index (κ2) is 7.03. The zero-order chi connectivity index (χ0) is 17.3. The highest BCUT2D eigenvalue weighted by molar-refractivity contribution is 8.14. The van der Waals surface area contributed by atoms with Crippen LogP contribution in [0.15, 0.2) is 29.2 Å². The van der Waals surface area contributed by atoms with Gasteiger partial charge in [-0.25, -0.2) is 13.1 Å². The van der Waals surface area contributed by atoms with Crippen molar-refractivity contribution in [2.24, 2.45) is 0 Å². The first-order valence-corrected chi connectivity index (χ1v) is 10.5. The first-order chi connectivity index (χ1) is 11.4. The third kappa shape index (κ3) is 3.61. The van der Waals surface area contributed by atoms with E-state index < -0.39 is 22.1 Å². The van der Waals surface area contributed by atoms with Crippen LogP contribution in [-0.4, -0.2) is 42.3 Å². The lowest BCUT2D eigenvalue weighted by molar-refractivity contribution is -0.127. The second-order valence-electron chi connectivity index (χ2n) is 5.85. The zero-order valence-electron chi connectivity index (χ0n) is 12.8. The highest BCUT2D eigenvalue weighted by Gasteiger charge is 2.41. The van der Waals surface area contributed by atoms with E-state index in [1.807, 2.05) is 0 Å². The van der Waals surface area contributed by atoms with Crippen LogP contribution < -0.4 is 4.72 Å². The SMILES string of the molecule is O=C1CSC(=O)N1C1CCCCC1NS(=O)(=O)c1ccc(Cl)cc1. The summed E-state index contributed by atoms with van der Waals surface area (Å²) in [6.07, 6.45) is 2.93.